The van der Waals surface area contributed by atoms with Crippen molar-refractivity contribution < 1.29 is 14.3 Å². The van der Waals surface area contributed by atoms with Crippen molar-refractivity contribution in [2.24, 2.45) is 0 Å². The average Bonchev–Trinajstić information content (AvgIpc) is 2.48. The number of rotatable bonds is 5. The second-order valence-corrected chi connectivity index (χ2v) is 5.21. The summed E-state index contributed by atoms with van der Waals surface area (Å²) in [6.45, 7) is 0. The largest absolute Gasteiger partial charge is 0.497 e. The number of ether oxygens (including phenoxy) is 2. The molecule has 0 unspecified atom stereocenters. The van der Waals surface area contributed by atoms with Crippen LogP contribution in [0.3, 0.4) is 0 Å². The zero-order chi connectivity index (χ0) is 13.7. The minimum atomic E-state index is -0.554. The molecule has 1 fully saturated rings. The molecule has 1 aliphatic rings. The SMILES string of the molecule is COc1cccc(CC(=O)C2(OC)CCCCC2)c1. The molecular weight excluding hydrogens is 240 g/mol. The topological polar surface area (TPSA) is 35.5 Å². The summed E-state index contributed by atoms with van der Waals surface area (Å²) < 4.78 is 10.8. The van der Waals surface area contributed by atoms with Crippen molar-refractivity contribution in [1.29, 1.82) is 0 Å². The summed E-state index contributed by atoms with van der Waals surface area (Å²) in [6, 6.07) is 7.69. The Kier molecular flexibility index (Phi) is 4.59. The molecule has 1 saturated carbocycles. The number of ketones is 1. The predicted octanol–water partition coefficient (Wildman–Crippen LogP) is 3.16. The van der Waals surface area contributed by atoms with Gasteiger partial charge in [-0.2, -0.15) is 0 Å². The van der Waals surface area contributed by atoms with Crippen LogP contribution in [0, 0.1) is 0 Å². The van der Waals surface area contributed by atoms with Gasteiger partial charge < -0.3 is 9.47 Å². The Morgan fingerprint density at radius 3 is 2.58 bits per heavy atom. The summed E-state index contributed by atoms with van der Waals surface area (Å²) in [6.07, 6.45) is 5.50. The van der Waals surface area contributed by atoms with E-state index in [-0.39, 0.29) is 5.78 Å². The third-order valence-corrected chi connectivity index (χ3v) is 4.06. The van der Waals surface area contributed by atoms with E-state index in [9.17, 15) is 4.79 Å². The number of benzene rings is 1. The number of hydrogen-bond donors (Lipinski definition) is 0. The Morgan fingerprint density at radius 2 is 1.95 bits per heavy atom. The molecule has 0 saturated heterocycles. The average molecular weight is 262 g/mol. The molecule has 3 nitrogen and oxygen atoms in total. The molecule has 19 heavy (non-hydrogen) atoms. The summed E-state index contributed by atoms with van der Waals surface area (Å²) in [7, 11) is 3.30. The lowest BCUT2D eigenvalue weighted by Crippen LogP contribution is -2.43. The number of hydrogen-bond acceptors (Lipinski definition) is 3. The fourth-order valence-corrected chi connectivity index (χ4v) is 2.85. The standard InChI is InChI=1S/C16H22O3/c1-18-14-8-6-7-13(11-14)12-15(17)16(19-2)9-4-3-5-10-16/h6-8,11H,3-5,9-10,12H2,1-2H3. The normalized spacial score (nSPS) is 18.0. The van der Waals surface area contributed by atoms with Gasteiger partial charge in [0, 0.05) is 13.5 Å². The van der Waals surface area contributed by atoms with Crippen LogP contribution in [0.5, 0.6) is 5.75 Å². The molecule has 0 aliphatic heterocycles. The highest BCUT2D eigenvalue weighted by Gasteiger charge is 2.38. The Hall–Kier alpha value is -1.35. The minimum Gasteiger partial charge on any atom is -0.497 e. The van der Waals surface area contributed by atoms with Gasteiger partial charge in [-0.25, -0.2) is 0 Å². The number of carbonyl (C=O) groups is 1. The number of Topliss-reactive ketones (excluding diaryl/α,β-unsaturated/α-hetero) is 1. The molecule has 0 N–H and O–H groups in total. The smallest absolute Gasteiger partial charge is 0.168 e. The van der Waals surface area contributed by atoms with Crippen LogP contribution < -0.4 is 4.74 Å². The first-order valence-corrected chi connectivity index (χ1v) is 6.91. The molecular formula is C16H22O3. The van der Waals surface area contributed by atoms with Gasteiger partial charge in [-0.1, -0.05) is 31.4 Å². The lowest BCUT2D eigenvalue weighted by Gasteiger charge is -2.34. The highest BCUT2D eigenvalue weighted by molar-refractivity contribution is 5.89. The molecule has 104 valence electrons. The van der Waals surface area contributed by atoms with Crippen LogP contribution in [0.25, 0.3) is 0 Å². The molecule has 0 amide bonds. The van der Waals surface area contributed by atoms with Gasteiger partial charge >= 0.3 is 0 Å². The highest BCUT2D eigenvalue weighted by atomic mass is 16.5. The summed E-state index contributed by atoms with van der Waals surface area (Å²) in [4.78, 5) is 12.6. The maximum Gasteiger partial charge on any atom is 0.168 e. The summed E-state index contributed by atoms with van der Waals surface area (Å²) >= 11 is 0. The van der Waals surface area contributed by atoms with Gasteiger partial charge in [0.05, 0.1) is 7.11 Å². The van der Waals surface area contributed by atoms with Crippen molar-refractivity contribution in [3.63, 3.8) is 0 Å². The van der Waals surface area contributed by atoms with Crippen molar-refractivity contribution >= 4 is 5.78 Å². The van der Waals surface area contributed by atoms with Crippen LogP contribution in [0.2, 0.25) is 0 Å². The lowest BCUT2D eigenvalue weighted by molar-refractivity contribution is -0.144. The number of carbonyl (C=O) groups excluding carboxylic acids is 1. The van der Waals surface area contributed by atoms with E-state index in [0.29, 0.717) is 6.42 Å². The van der Waals surface area contributed by atoms with E-state index < -0.39 is 5.60 Å². The van der Waals surface area contributed by atoms with Crippen molar-refractivity contribution in [2.45, 2.75) is 44.1 Å². The molecule has 0 aromatic heterocycles. The zero-order valence-electron chi connectivity index (χ0n) is 11.8. The van der Waals surface area contributed by atoms with Crippen molar-refractivity contribution in [2.75, 3.05) is 14.2 Å². The first kappa shape index (κ1) is 14.1. The minimum absolute atomic E-state index is 0.197. The van der Waals surface area contributed by atoms with E-state index in [0.717, 1.165) is 37.0 Å². The predicted molar refractivity (Wildman–Crippen MR) is 74.5 cm³/mol. The van der Waals surface area contributed by atoms with E-state index >= 15 is 0 Å². The lowest BCUT2D eigenvalue weighted by atomic mass is 9.79. The Morgan fingerprint density at radius 1 is 1.21 bits per heavy atom. The summed E-state index contributed by atoms with van der Waals surface area (Å²) in [5.74, 6) is 0.989. The molecule has 1 aromatic rings. The Bertz CT molecular complexity index is 433. The van der Waals surface area contributed by atoms with Crippen LogP contribution in [-0.4, -0.2) is 25.6 Å². The van der Waals surface area contributed by atoms with E-state index in [1.807, 2.05) is 24.3 Å². The second kappa shape index (κ2) is 6.20. The van der Waals surface area contributed by atoms with E-state index in [1.54, 1.807) is 14.2 Å². The molecule has 2 rings (SSSR count). The third-order valence-electron chi connectivity index (χ3n) is 4.06. The Balaban J connectivity index is 2.10. The maximum absolute atomic E-state index is 12.6. The Labute approximate surface area is 114 Å². The first-order valence-electron chi connectivity index (χ1n) is 6.91. The van der Waals surface area contributed by atoms with Crippen LogP contribution in [0.4, 0.5) is 0 Å². The monoisotopic (exact) mass is 262 g/mol. The van der Waals surface area contributed by atoms with Gasteiger partial charge in [0.2, 0.25) is 0 Å². The van der Waals surface area contributed by atoms with Crippen molar-refractivity contribution in [3.05, 3.63) is 29.8 Å². The fraction of sp³-hybridized carbons (Fsp3) is 0.562. The van der Waals surface area contributed by atoms with Crippen molar-refractivity contribution in [1.82, 2.24) is 0 Å². The second-order valence-electron chi connectivity index (χ2n) is 5.21. The van der Waals surface area contributed by atoms with Gasteiger partial charge in [0.25, 0.3) is 0 Å². The molecule has 0 heterocycles. The van der Waals surface area contributed by atoms with Gasteiger partial charge in [-0.15, -0.1) is 0 Å². The molecule has 3 heteroatoms. The van der Waals surface area contributed by atoms with Crippen molar-refractivity contribution in [3.8, 4) is 5.75 Å². The van der Waals surface area contributed by atoms with Gasteiger partial charge in [-0.3, -0.25) is 4.79 Å². The van der Waals surface area contributed by atoms with Gasteiger partial charge in [-0.05, 0) is 30.5 Å². The summed E-state index contributed by atoms with van der Waals surface area (Å²) in [5, 5.41) is 0. The highest BCUT2D eigenvalue weighted by Crippen LogP contribution is 2.33. The molecule has 1 aromatic carbocycles. The maximum atomic E-state index is 12.6. The van der Waals surface area contributed by atoms with Gasteiger partial charge in [0.1, 0.15) is 11.4 Å². The van der Waals surface area contributed by atoms with Crippen LogP contribution in [0.15, 0.2) is 24.3 Å². The van der Waals surface area contributed by atoms with E-state index in [4.69, 9.17) is 9.47 Å². The van der Waals surface area contributed by atoms with Crippen LogP contribution in [-0.2, 0) is 16.0 Å². The molecule has 0 atom stereocenters. The van der Waals surface area contributed by atoms with E-state index in [2.05, 4.69) is 0 Å². The van der Waals surface area contributed by atoms with Crippen LogP contribution in [0.1, 0.15) is 37.7 Å². The summed E-state index contributed by atoms with van der Waals surface area (Å²) in [5.41, 5.74) is 0.438. The number of methoxy groups -OCH3 is 2. The van der Waals surface area contributed by atoms with Crippen LogP contribution >= 0.6 is 0 Å². The molecule has 0 bridgehead atoms. The zero-order valence-corrected chi connectivity index (χ0v) is 11.8. The third kappa shape index (κ3) is 3.16. The quantitative estimate of drug-likeness (QED) is 0.817. The molecule has 1 aliphatic carbocycles. The van der Waals surface area contributed by atoms with Gasteiger partial charge in [0.15, 0.2) is 5.78 Å². The van der Waals surface area contributed by atoms with E-state index in [1.165, 1.54) is 6.42 Å². The fourth-order valence-electron chi connectivity index (χ4n) is 2.85. The molecule has 0 radical (unpaired) electrons. The first-order chi connectivity index (χ1) is 9.20. The molecule has 0 spiro atoms.